The van der Waals surface area contributed by atoms with E-state index in [0.717, 1.165) is 15.4 Å². The number of halogens is 1. The highest BCUT2D eigenvalue weighted by atomic mass is 79.9. The van der Waals surface area contributed by atoms with Gasteiger partial charge >= 0.3 is 0 Å². The summed E-state index contributed by atoms with van der Waals surface area (Å²) in [5, 5.41) is 14.6. The Hall–Kier alpha value is -1.38. The van der Waals surface area contributed by atoms with Crippen LogP contribution in [0.15, 0.2) is 34.2 Å². The number of anilines is 2. The van der Waals surface area contributed by atoms with Crippen molar-refractivity contribution in [3.8, 4) is 6.07 Å². The van der Waals surface area contributed by atoms with E-state index in [1.165, 1.54) is 11.3 Å². The molecule has 2 aromatic rings. The van der Waals surface area contributed by atoms with Crippen LogP contribution in [0.1, 0.15) is 5.56 Å². The Labute approximate surface area is 99.5 Å². The largest absolute Gasteiger partial charge is 0.330 e. The summed E-state index contributed by atoms with van der Waals surface area (Å²) in [4.78, 5) is 4.20. The first-order chi connectivity index (χ1) is 7.29. The molecule has 1 N–H and O–H groups in total. The molecule has 0 saturated carbocycles. The van der Waals surface area contributed by atoms with Gasteiger partial charge in [-0.3, -0.25) is 0 Å². The molecule has 0 saturated heterocycles. The number of thiazole rings is 1. The maximum Gasteiger partial charge on any atom is 0.188 e. The molecule has 0 amide bonds. The van der Waals surface area contributed by atoms with Crippen LogP contribution in [0.3, 0.4) is 0 Å². The van der Waals surface area contributed by atoms with Crippen LogP contribution in [0, 0.1) is 11.3 Å². The van der Waals surface area contributed by atoms with Crippen molar-refractivity contribution in [3.63, 3.8) is 0 Å². The molecule has 0 aliphatic carbocycles. The summed E-state index contributed by atoms with van der Waals surface area (Å²) in [6, 6.07) is 9.46. The maximum absolute atomic E-state index is 8.89. The van der Waals surface area contributed by atoms with Gasteiger partial charge in [0.05, 0.1) is 11.3 Å². The summed E-state index contributed by atoms with van der Waals surface area (Å²) in [6.07, 6.45) is 0. The monoisotopic (exact) mass is 279 g/mol. The predicted molar refractivity (Wildman–Crippen MR) is 64.3 cm³/mol. The number of aromatic nitrogens is 1. The van der Waals surface area contributed by atoms with E-state index in [2.05, 4.69) is 32.3 Å². The molecule has 0 unspecified atom stereocenters. The summed E-state index contributed by atoms with van der Waals surface area (Å²) in [6.45, 7) is 0. The van der Waals surface area contributed by atoms with Crippen molar-refractivity contribution in [2.45, 2.75) is 0 Å². The molecule has 15 heavy (non-hydrogen) atoms. The number of hydrogen-bond acceptors (Lipinski definition) is 4. The lowest BCUT2D eigenvalue weighted by atomic mass is 10.2. The zero-order chi connectivity index (χ0) is 10.7. The van der Waals surface area contributed by atoms with Gasteiger partial charge in [-0.05, 0) is 28.1 Å². The van der Waals surface area contributed by atoms with Crippen molar-refractivity contribution in [2.24, 2.45) is 0 Å². The van der Waals surface area contributed by atoms with Gasteiger partial charge in [0.25, 0.3) is 0 Å². The Balaban J connectivity index is 2.28. The standard InChI is InChI=1S/C10H6BrN3S/c11-9-6-15-10(14-9)13-8-4-2-1-3-7(8)5-12/h1-4,6H,(H,13,14). The molecule has 1 aromatic carbocycles. The Morgan fingerprint density at radius 3 is 2.87 bits per heavy atom. The van der Waals surface area contributed by atoms with Crippen molar-refractivity contribution in [3.05, 3.63) is 39.8 Å². The highest BCUT2D eigenvalue weighted by Gasteiger charge is 2.03. The molecule has 1 aromatic heterocycles. The second-order valence-electron chi connectivity index (χ2n) is 2.76. The van der Waals surface area contributed by atoms with Crippen molar-refractivity contribution in [2.75, 3.05) is 5.32 Å². The molecule has 2 rings (SSSR count). The topological polar surface area (TPSA) is 48.7 Å². The van der Waals surface area contributed by atoms with E-state index in [4.69, 9.17) is 5.26 Å². The van der Waals surface area contributed by atoms with E-state index >= 15 is 0 Å². The summed E-state index contributed by atoms with van der Waals surface area (Å²) in [5.41, 5.74) is 1.39. The van der Waals surface area contributed by atoms with Crippen LogP contribution in [0.25, 0.3) is 0 Å². The van der Waals surface area contributed by atoms with Gasteiger partial charge in [0.2, 0.25) is 0 Å². The lowest BCUT2D eigenvalue weighted by molar-refractivity contribution is 1.34. The quantitative estimate of drug-likeness (QED) is 0.915. The first-order valence-corrected chi connectivity index (χ1v) is 5.84. The number of rotatable bonds is 2. The smallest absolute Gasteiger partial charge is 0.188 e. The molecule has 3 nitrogen and oxygen atoms in total. The lowest BCUT2D eigenvalue weighted by Gasteiger charge is -2.03. The SMILES string of the molecule is N#Cc1ccccc1Nc1nc(Br)cs1. The molecule has 0 aliphatic heterocycles. The summed E-state index contributed by atoms with van der Waals surface area (Å²) in [5.74, 6) is 0. The number of nitrogens with one attached hydrogen (secondary N) is 1. The van der Waals surface area contributed by atoms with Gasteiger partial charge in [-0.1, -0.05) is 12.1 Å². The number of para-hydroxylation sites is 1. The van der Waals surface area contributed by atoms with Crippen LogP contribution in [-0.4, -0.2) is 4.98 Å². The molecule has 5 heteroatoms. The molecule has 74 valence electrons. The third kappa shape index (κ3) is 2.35. The van der Waals surface area contributed by atoms with Gasteiger partial charge in [-0.25, -0.2) is 4.98 Å². The minimum absolute atomic E-state index is 0.615. The van der Waals surface area contributed by atoms with Crippen LogP contribution in [0.2, 0.25) is 0 Å². The average molecular weight is 280 g/mol. The number of hydrogen-bond donors (Lipinski definition) is 1. The maximum atomic E-state index is 8.89. The van der Waals surface area contributed by atoms with E-state index in [9.17, 15) is 0 Å². The van der Waals surface area contributed by atoms with Gasteiger partial charge < -0.3 is 5.32 Å². The van der Waals surface area contributed by atoms with Crippen LogP contribution in [0.5, 0.6) is 0 Å². The molecule has 0 aliphatic rings. The van der Waals surface area contributed by atoms with Gasteiger partial charge in [-0.15, -0.1) is 11.3 Å². The van der Waals surface area contributed by atoms with Crippen molar-refractivity contribution in [1.82, 2.24) is 4.98 Å². The molecule has 0 atom stereocenters. The summed E-state index contributed by atoms with van der Waals surface area (Å²) >= 11 is 4.76. The van der Waals surface area contributed by atoms with Crippen LogP contribution in [0.4, 0.5) is 10.8 Å². The second kappa shape index (κ2) is 4.43. The van der Waals surface area contributed by atoms with Gasteiger partial charge in [0.1, 0.15) is 10.7 Å². The van der Waals surface area contributed by atoms with Crippen LogP contribution in [-0.2, 0) is 0 Å². The zero-order valence-corrected chi connectivity index (χ0v) is 9.97. The normalized spacial score (nSPS) is 9.60. The highest BCUT2D eigenvalue weighted by Crippen LogP contribution is 2.25. The Morgan fingerprint density at radius 2 is 2.20 bits per heavy atom. The fourth-order valence-electron chi connectivity index (χ4n) is 1.12. The Bertz CT molecular complexity index is 515. The molecule has 0 radical (unpaired) electrons. The molecular weight excluding hydrogens is 274 g/mol. The van der Waals surface area contributed by atoms with Crippen molar-refractivity contribution >= 4 is 38.1 Å². The molecule has 1 heterocycles. The zero-order valence-electron chi connectivity index (χ0n) is 7.57. The minimum atomic E-state index is 0.615. The van der Waals surface area contributed by atoms with Crippen molar-refractivity contribution < 1.29 is 0 Å². The first-order valence-electron chi connectivity index (χ1n) is 4.17. The number of nitrogens with zero attached hydrogens (tertiary/aromatic N) is 2. The Morgan fingerprint density at radius 1 is 1.40 bits per heavy atom. The molecular formula is C10H6BrN3S. The van der Waals surface area contributed by atoms with Gasteiger partial charge in [0, 0.05) is 5.38 Å². The minimum Gasteiger partial charge on any atom is -0.330 e. The third-order valence-corrected chi connectivity index (χ3v) is 3.23. The van der Waals surface area contributed by atoms with Gasteiger partial charge in [0.15, 0.2) is 5.13 Å². The molecule has 0 spiro atoms. The van der Waals surface area contributed by atoms with Crippen LogP contribution >= 0.6 is 27.3 Å². The Kier molecular flexibility index (Phi) is 2.99. The fourth-order valence-corrected chi connectivity index (χ4v) is 2.27. The predicted octanol–water partition coefficient (Wildman–Crippen LogP) is 3.52. The highest BCUT2D eigenvalue weighted by molar-refractivity contribution is 9.10. The second-order valence-corrected chi connectivity index (χ2v) is 4.43. The number of nitriles is 1. The van der Waals surface area contributed by atoms with E-state index in [1.807, 2.05) is 23.6 Å². The average Bonchev–Trinajstić information content (AvgIpc) is 2.65. The van der Waals surface area contributed by atoms with Crippen molar-refractivity contribution in [1.29, 1.82) is 5.26 Å². The van der Waals surface area contributed by atoms with E-state index < -0.39 is 0 Å². The van der Waals surface area contributed by atoms with E-state index in [0.29, 0.717) is 5.56 Å². The first kappa shape index (κ1) is 10.1. The van der Waals surface area contributed by atoms with E-state index in [1.54, 1.807) is 6.07 Å². The molecule has 0 fully saturated rings. The number of benzene rings is 1. The summed E-state index contributed by atoms with van der Waals surface area (Å²) < 4.78 is 0.796. The third-order valence-electron chi connectivity index (χ3n) is 1.77. The van der Waals surface area contributed by atoms with Crippen LogP contribution < -0.4 is 5.32 Å². The lowest BCUT2D eigenvalue weighted by Crippen LogP contribution is -1.92. The van der Waals surface area contributed by atoms with Gasteiger partial charge in [-0.2, -0.15) is 5.26 Å². The fraction of sp³-hybridized carbons (Fsp3) is 0. The van der Waals surface area contributed by atoms with E-state index in [-0.39, 0.29) is 0 Å². The summed E-state index contributed by atoms with van der Waals surface area (Å²) in [7, 11) is 0. The molecule has 0 bridgehead atoms.